The molecule has 5 heterocycles. The van der Waals surface area contributed by atoms with Crippen molar-refractivity contribution in [1.82, 2.24) is 27.9 Å². The summed E-state index contributed by atoms with van der Waals surface area (Å²) in [7, 11) is 0. The third-order valence-electron chi connectivity index (χ3n) is 9.16. The monoisotopic (exact) mass is 578 g/mol. The van der Waals surface area contributed by atoms with Gasteiger partial charge in [0.05, 0.1) is 55.5 Å². The van der Waals surface area contributed by atoms with E-state index in [1.165, 1.54) is 0 Å². The van der Waals surface area contributed by atoms with Crippen LogP contribution >= 0.6 is 0 Å². The Bertz CT molecular complexity index is 3000. The van der Waals surface area contributed by atoms with Gasteiger partial charge in [0, 0.05) is 10.8 Å². The lowest BCUT2D eigenvalue weighted by Crippen LogP contribution is -2.01. The molecule has 5 aromatic heterocycles. The Hall–Kier alpha value is -6.34. The van der Waals surface area contributed by atoms with Crippen LogP contribution in [0.3, 0.4) is 0 Å². The summed E-state index contributed by atoms with van der Waals surface area (Å²) >= 11 is 0. The van der Waals surface area contributed by atoms with Crippen LogP contribution in [0.1, 0.15) is 0 Å². The van der Waals surface area contributed by atoms with E-state index in [9.17, 15) is 0 Å². The molecule has 6 aromatic carbocycles. The first-order valence-electron chi connectivity index (χ1n) is 15.0. The molecule has 0 spiro atoms. The predicted octanol–water partition coefficient (Wildman–Crippen LogP) is 9.08. The molecule has 0 saturated carbocycles. The molecule has 11 aromatic rings. The quantitative estimate of drug-likeness (QED) is 0.206. The van der Waals surface area contributed by atoms with Crippen molar-refractivity contribution in [2.75, 3.05) is 0 Å². The molecule has 0 unspecified atom stereocenters. The van der Waals surface area contributed by atoms with Gasteiger partial charge in [-0.15, -0.1) is 0 Å². The van der Waals surface area contributed by atoms with Crippen molar-refractivity contribution in [2.45, 2.75) is 0 Å². The Morgan fingerprint density at radius 2 is 0.956 bits per heavy atom. The first-order chi connectivity index (χ1) is 22.3. The topological polar surface area (TPSA) is 57.6 Å². The highest BCUT2D eigenvalue weighted by molar-refractivity contribution is 6.09. The number of furan rings is 1. The van der Waals surface area contributed by atoms with E-state index in [1.807, 2.05) is 24.3 Å². The van der Waals surface area contributed by atoms with Crippen molar-refractivity contribution in [3.8, 4) is 11.4 Å². The molecule has 45 heavy (non-hydrogen) atoms. The van der Waals surface area contributed by atoms with Crippen LogP contribution in [0.15, 0.2) is 138 Å². The number of hydrogen-bond acceptors (Lipinski definition) is 3. The fraction of sp³-hybridized carbons (Fsp3) is 0. The van der Waals surface area contributed by atoms with Gasteiger partial charge in [0.2, 0.25) is 11.6 Å². The first kappa shape index (κ1) is 23.2. The van der Waals surface area contributed by atoms with Crippen LogP contribution in [-0.2, 0) is 0 Å². The minimum Gasteiger partial charge on any atom is -0.454 e. The Morgan fingerprint density at radius 1 is 0.444 bits per heavy atom. The van der Waals surface area contributed by atoms with Crippen molar-refractivity contribution in [2.24, 2.45) is 0 Å². The highest BCUT2D eigenvalue weighted by atomic mass is 16.3. The molecular weight excluding hydrogens is 556 g/mol. The molecule has 0 aliphatic heterocycles. The van der Waals surface area contributed by atoms with E-state index in [1.54, 1.807) is 0 Å². The fourth-order valence-electron chi connectivity index (χ4n) is 7.28. The van der Waals surface area contributed by atoms with E-state index >= 15 is 0 Å². The van der Waals surface area contributed by atoms with Gasteiger partial charge in [-0.3, -0.25) is 17.9 Å². The highest BCUT2D eigenvalue weighted by Crippen LogP contribution is 2.39. The normalized spacial score (nSPS) is 12.4. The molecule has 0 saturated heterocycles. The molecule has 0 amide bonds. The molecule has 0 N–H and O–H groups in total. The Morgan fingerprint density at radius 3 is 1.62 bits per heavy atom. The molecule has 0 bridgehead atoms. The zero-order chi connectivity index (χ0) is 29.2. The van der Waals surface area contributed by atoms with Gasteiger partial charge in [-0.05, 0) is 66.7 Å². The second-order valence-electron chi connectivity index (χ2n) is 11.6. The molecule has 0 aliphatic carbocycles. The molecule has 0 aliphatic rings. The minimum atomic E-state index is 0.816. The standard InChI is InChI=1S/C38H22N6O/c1-10-20-35-24(11-1)25-21-23(41-30-16-6-7-17-31(30)42-28-14-4-2-12-26(28)39-37(41)42)22-34(36(25)45-35)44-33-19-9-8-18-32(33)43-29-15-5-3-13-27(29)40-38(43)44/h1-22H. The number of para-hydroxylation sites is 9. The number of nitrogens with zero attached hydrogens (tertiary/aromatic N) is 6. The number of aromatic nitrogens is 6. The number of benzene rings is 6. The summed E-state index contributed by atoms with van der Waals surface area (Å²) < 4.78 is 15.7. The maximum absolute atomic E-state index is 6.69. The number of fused-ring (bicyclic) bond motifs is 13. The molecular formula is C38H22N6O. The van der Waals surface area contributed by atoms with E-state index in [0.29, 0.717) is 0 Å². The van der Waals surface area contributed by atoms with Gasteiger partial charge in [-0.2, -0.15) is 0 Å². The second kappa shape index (κ2) is 8.18. The molecule has 7 nitrogen and oxygen atoms in total. The maximum Gasteiger partial charge on any atom is 0.220 e. The van der Waals surface area contributed by atoms with Gasteiger partial charge in [0.25, 0.3) is 0 Å². The van der Waals surface area contributed by atoms with E-state index in [-0.39, 0.29) is 0 Å². The smallest absolute Gasteiger partial charge is 0.220 e. The van der Waals surface area contributed by atoms with E-state index in [0.717, 1.165) is 89.0 Å². The summed E-state index contributed by atoms with van der Waals surface area (Å²) in [6.45, 7) is 0. The summed E-state index contributed by atoms with van der Waals surface area (Å²) in [4.78, 5) is 10.3. The molecule has 0 radical (unpaired) electrons. The van der Waals surface area contributed by atoms with Crippen LogP contribution in [0.25, 0.3) is 89.0 Å². The van der Waals surface area contributed by atoms with Crippen LogP contribution in [0.2, 0.25) is 0 Å². The van der Waals surface area contributed by atoms with Gasteiger partial charge in [-0.1, -0.05) is 66.7 Å². The molecule has 210 valence electrons. The summed E-state index contributed by atoms with van der Waals surface area (Å²) in [6.07, 6.45) is 0. The van der Waals surface area contributed by atoms with Gasteiger partial charge < -0.3 is 4.42 Å². The SMILES string of the molecule is c1ccc2c(c1)nc1n(-c3cc(-n4c5ccccc5n5c6ccccc6nc45)c4oc5ccccc5c4c3)c3ccccc3n21. The molecule has 11 rings (SSSR count). The Labute approximate surface area is 254 Å². The Balaban J connectivity index is 1.35. The van der Waals surface area contributed by atoms with Crippen molar-refractivity contribution < 1.29 is 4.42 Å². The van der Waals surface area contributed by atoms with Crippen LogP contribution in [0.4, 0.5) is 0 Å². The van der Waals surface area contributed by atoms with E-state index in [2.05, 4.69) is 127 Å². The van der Waals surface area contributed by atoms with Crippen molar-refractivity contribution in [3.63, 3.8) is 0 Å². The average Bonchev–Trinajstić information content (AvgIpc) is 3.87. The van der Waals surface area contributed by atoms with Gasteiger partial charge in [0.15, 0.2) is 5.58 Å². The van der Waals surface area contributed by atoms with E-state index < -0.39 is 0 Å². The molecule has 7 heteroatoms. The Kier molecular flexibility index (Phi) is 4.21. The third kappa shape index (κ3) is 2.89. The lowest BCUT2D eigenvalue weighted by atomic mass is 10.1. The maximum atomic E-state index is 6.69. The predicted molar refractivity (Wildman–Crippen MR) is 180 cm³/mol. The van der Waals surface area contributed by atoms with Crippen molar-refractivity contribution >= 4 is 77.6 Å². The number of rotatable bonds is 2. The zero-order valence-corrected chi connectivity index (χ0v) is 23.8. The average molecular weight is 579 g/mol. The van der Waals surface area contributed by atoms with Gasteiger partial charge in [0.1, 0.15) is 5.58 Å². The largest absolute Gasteiger partial charge is 0.454 e. The second-order valence-corrected chi connectivity index (χ2v) is 11.6. The van der Waals surface area contributed by atoms with Crippen LogP contribution < -0.4 is 0 Å². The van der Waals surface area contributed by atoms with Crippen LogP contribution in [-0.4, -0.2) is 27.9 Å². The molecule has 0 fully saturated rings. The zero-order valence-electron chi connectivity index (χ0n) is 23.8. The summed E-state index contributed by atoms with van der Waals surface area (Å²) in [5.74, 6) is 1.70. The lowest BCUT2D eigenvalue weighted by molar-refractivity contribution is 0.666. The van der Waals surface area contributed by atoms with Crippen LogP contribution in [0.5, 0.6) is 0 Å². The number of hydrogen-bond donors (Lipinski definition) is 0. The van der Waals surface area contributed by atoms with Crippen LogP contribution in [0, 0.1) is 0 Å². The number of imidazole rings is 4. The highest BCUT2D eigenvalue weighted by Gasteiger charge is 2.24. The first-order valence-corrected chi connectivity index (χ1v) is 15.0. The summed E-state index contributed by atoms with van der Waals surface area (Å²) in [5, 5.41) is 2.11. The van der Waals surface area contributed by atoms with E-state index in [4.69, 9.17) is 14.4 Å². The minimum absolute atomic E-state index is 0.816. The van der Waals surface area contributed by atoms with Crippen molar-refractivity contribution in [1.29, 1.82) is 0 Å². The van der Waals surface area contributed by atoms with Gasteiger partial charge >= 0.3 is 0 Å². The molecule has 0 atom stereocenters. The summed E-state index contributed by atoms with van der Waals surface area (Å²) in [6, 6.07) is 46.3. The van der Waals surface area contributed by atoms with Gasteiger partial charge in [-0.25, -0.2) is 9.97 Å². The third-order valence-corrected chi connectivity index (χ3v) is 9.16. The fourth-order valence-corrected chi connectivity index (χ4v) is 7.28. The van der Waals surface area contributed by atoms with Crippen molar-refractivity contribution in [3.05, 3.63) is 133 Å². The summed E-state index contributed by atoms with van der Waals surface area (Å²) in [5.41, 5.74) is 12.0. The lowest BCUT2D eigenvalue weighted by Gasteiger charge is -2.11.